The van der Waals surface area contributed by atoms with Crippen molar-refractivity contribution in [1.82, 2.24) is 4.90 Å². The molecule has 0 saturated heterocycles. The number of amides is 1. The molecule has 1 amide bonds. The van der Waals surface area contributed by atoms with Crippen molar-refractivity contribution in [2.45, 2.75) is 79.3 Å². The largest absolute Gasteiger partial charge is 0.336 e. The van der Waals surface area contributed by atoms with Gasteiger partial charge in [-0.3, -0.25) is 4.79 Å². The summed E-state index contributed by atoms with van der Waals surface area (Å²) in [6.45, 7) is 10.6. The average molecular weight is 339 g/mol. The van der Waals surface area contributed by atoms with Crippen molar-refractivity contribution in [3.8, 4) is 0 Å². The summed E-state index contributed by atoms with van der Waals surface area (Å²) >= 11 is 0. The van der Waals surface area contributed by atoms with Crippen molar-refractivity contribution in [2.24, 2.45) is 5.41 Å². The predicted octanol–water partition coefficient (Wildman–Crippen LogP) is 5.70. The molecule has 2 nitrogen and oxygen atoms in total. The minimum absolute atomic E-state index is 0.0660. The third-order valence-electron chi connectivity index (χ3n) is 4.10. The summed E-state index contributed by atoms with van der Waals surface area (Å²) in [5, 5.41) is 0. The SMILES string of the molecule is CCCCCC(C)N(Cc1ccc(F)c(F)c1)C(=O)CC(C)(C)C. The Morgan fingerprint density at radius 1 is 1.17 bits per heavy atom. The molecule has 24 heavy (non-hydrogen) atoms. The Kier molecular flexibility index (Phi) is 7.85. The normalized spacial score (nSPS) is 13.0. The zero-order valence-corrected chi connectivity index (χ0v) is 15.7. The quantitative estimate of drug-likeness (QED) is 0.556. The third-order valence-corrected chi connectivity index (χ3v) is 4.10. The van der Waals surface area contributed by atoms with Crippen LogP contribution in [0.4, 0.5) is 8.78 Å². The van der Waals surface area contributed by atoms with Crippen LogP contribution in [0.25, 0.3) is 0 Å². The van der Waals surface area contributed by atoms with E-state index in [2.05, 4.69) is 6.92 Å². The maximum Gasteiger partial charge on any atom is 0.223 e. The molecule has 0 aromatic heterocycles. The Balaban J connectivity index is 2.90. The number of unbranched alkanes of at least 4 members (excludes halogenated alkanes) is 2. The molecule has 1 aromatic carbocycles. The molecule has 0 aliphatic heterocycles. The standard InChI is InChI=1S/C20H31F2NO/c1-6-7-8-9-15(2)23(19(24)13-20(3,4)5)14-16-10-11-17(21)18(22)12-16/h10-12,15H,6-9,13-14H2,1-5H3. The smallest absolute Gasteiger partial charge is 0.223 e. The van der Waals surface area contributed by atoms with E-state index in [-0.39, 0.29) is 17.4 Å². The van der Waals surface area contributed by atoms with Gasteiger partial charge in [-0.15, -0.1) is 0 Å². The lowest BCUT2D eigenvalue weighted by atomic mass is 9.91. The van der Waals surface area contributed by atoms with Crippen LogP contribution in [0.5, 0.6) is 0 Å². The predicted molar refractivity (Wildman–Crippen MR) is 94.6 cm³/mol. The number of hydrogen-bond acceptors (Lipinski definition) is 1. The summed E-state index contributed by atoms with van der Waals surface area (Å²) in [6.07, 6.45) is 4.69. The van der Waals surface area contributed by atoms with Crippen LogP contribution in [0.15, 0.2) is 18.2 Å². The van der Waals surface area contributed by atoms with Crippen molar-refractivity contribution in [2.75, 3.05) is 0 Å². The molecule has 0 bridgehead atoms. The van der Waals surface area contributed by atoms with Gasteiger partial charge in [-0.25, -0.2) is 8.78 Å². The van der Waals surface area contributed by atoms with Crippen LogP contribution >= 0.6 is 0 Å². The number of hydrogen-bond donors (Lipinski definition) is 0. The van der Waals surface area contributed by atoms with Crippen molar-refractivity contribution in [3.05, 3.63) is 35.4 Å². The van der Waals surface area contributed by atoms with Crippen LogP contribution in [-0.2, 0) is 11.3 Å². The molecule has 0 N–H and O–H groups in total. The monoisotopic (exact) mass is 339 g/mol. The summed E-state index contributed by atoms with van der Waals surface area (Å²) in [4.78, 5) is 14.6. The summed E-state index contributed by atoms with van der Waals surface area (Å²) in [6, 6.07) is 3.94. The number of halogens is 2. The van der Waals surface area contributed by atoms with Crippen molar-refractivity contribution < 1.29 is 13.6 Å². The highest BCUT2D eigenvalue weighted by molar-refractivity contribution is 5.77. The van der Waals surface area contributed by atoms with E-state index < -0.39 is 11.6 Å². The Morgan fingerprint density at radius 3 is 2.38 bits per heavy atom. The molecule has 0 aliphatic carbocycles. The zero-order chi connectivity index (χ0) is 18.3. The van der Waals surface area contributed by atoms with Gasteiger partial charge in [0.1, 0.15) is 0 Å². The van der Waals surface area contributed by atoms with Gasteiger partial charge in [-0.1, -0.05) is 53.0 Å². The highest BCUT2D eigenvalue weighted by Gasteiger charge is 2.25. The fraction of sp³-hybridized carbons (Fsp3) is 0.650. The Morgan fingerprint density at radius 2 is 1.83 bits per heavy atom. The van der Waals surface area contributed by atoms with E-state index in [0.29, 0.717) is 18.5 Å². The minimum Gasteiger partial charge on any atom is -0.336 e. The van der Waals surface area contributed by atoms with Gasteiger partial charge in [-0.05, 0) is 36.5 Å². The lowest BCUT2D eigenvalue weighted by molar-refractivity contribution is -0.136. The lowest BCUT2D eigenvalue weighted by Crippen LogP contribution is -2.39. The molecule has 4 heteroatoms. The molecular formula is C20H31F2NO. The molecular weight excluding hydrogens is 308 g/mol. The first-order chi connectivity index (χ1) is 11.1. The van der Waals surface area contributed by atoms with Gasteiger partial charge < -0.3 is 4.90 Å². The van der Waals surface area contributed by atoms with E-state index in [1.807, 2.05) is 32.6 Å². The molecule has 0 aliphatic rings. The van der Waals surface area contributed by atoms with Gasteiger partial charge in [0.25, 0.3) is 0 Å². The summed E-state index contributed by atoms with van der Waals surface area (Å²) in [5.41, 5.74) is 0.519. The van der Waals surface area contributed by atoms with Crippen LogP contribution in [0.1, 0.15) is 72.3 Å². The Labute approximate surface area is 145 Å². The molecule has 0 saturated carbocycles. The lowest BCUT2D eigenvalue weighted by Gasteiger charge is -2.32. The van der Waals surface area contributed by atoms with Crippen molar-refractivity contribution in [1.29, 1.82) is 0 Å². The van der Waals surface area contributed by atoms with E-state index in [0.717, 1.165) is 31.7 Å². The summed E-state index contributed by atoms with van der Waals surface area (Å²) < 4.78 is 26.6. The van der Waals surface area contributed by atoms with Crippen LogP contribution in [0.2, 0.25) is 0 Å². The molecule has 1 unspecified atom stereocenters. The number of benzene rings is 1. The van der Waals surface area contributed by atoms with Gasteiger partial charge in [0.05, 0.1) is 0 Å². The molecule has 0 fully saturated rings. The van der Waals surface area contributed by atoms with Gasteiger partial charge in [0.15, 0.2) is 11.6 Å². The number of carbonyl (C=O) groups excluding carboxylic acids is 1. The molecule has 0 spiro atoms. The second-order valence-electron chi connectivity index (χ2n) is 7.85. The second kappa shape index (κ2) is 9.14. The minimum atomic E-state index is -0.866. The molecule has 0 heterocycles. The van der Waals surface area contributed by atoms with Gasteiger partial charge in [0, 0.05) is 19.0 Å². The fourth-order valence-electron chi connectivity index (χ4n) is 2.73. The first kappa shape index (κ1) is 20.6. The Hall–Kier alpha value is -1.45. The highest BCUT2D eigenvalue weighted by atomic mass is 19.2. The first-order valence-electron chi connectivity index (χ1n) is 8.87. The number of carbonyl (C=O) groups is 1. The summed E-state index contributed by atoms with van der Waals surface area (Å²) in [5.74, 6) is -1.66. The number of rotatable bonds is 8. The maximum absolute atomic E-state index is 13.5. The van der Waals surface area contributed by atoms with Crippen LogP contribution in [0, 0.1) is 17.0 Å². The van der Waals surface area contributed by atoms with E-state index >= 15 is 0 Å². The zero-order valence-electron chi connectivity index (χ0n) is 15.7. The van der Waals surface area contributed by atoms with Gasteiger partial charge >= 0.3 is 0 Å². The topological polar surface area (TPSA) is 20.3 Å². The van der Waals surface area contributed by atoms with Crippen LogP contribution in [0.3, 0.4) is 0 Å². The Bertz CT molecular complexity index is 537. The highest BCUT2D eigenvalue weighted by Crippen LogP contribution is 2.23. The van der Waals surface area contributed by atoms with E-state index in [4.69, 9.17) is 0 Å². The molecule has 136 valence electrons. The molecule has 1 aromatic rings. The van der Waals surface area contributed by atoms with Crippen LogP contribution in [-0.4, -0.2) is 16.8 Å². The van der Waals surface area contributed by atoms with Crippen molar-refractivity contribution in [3.63, 3.8) is 0 Å². The van der Waals surface area contributed by atoms with Crippen LogP contribution < -0.4 is 0 Å². The van der Waals surface area contributed by atoms with Gasteiger partial charge in [-0.2, -0.15) is 0 Å². The fourth-order valence-corrected chi connectivity index (χ4v) is 2.73. The van der Waals surface area contributed by atoms with E-state index in [9.17, 15) is 13.6 Å². The molecule has 1 atom stereocenters. The second-order valence-corrected chi connectivity index (χ2v) is 7.85. The third kappa shape index (κ3) is 6.98. The molecule has 0 radical (unpaired) electrons. The first-order valence-corrected chi connectivity index (χ1v) is 8.87. The van der Waals surface area contributed by atoms with E-state index in [1.165, 1.54) is 6.07 Å². The van der Waals surface area contributed by atoms with Crippen molar-refractivity contribution >= 4 is 5.91 Å². The average Bonchev–Trinajstić information content (AvgIpc) is 2.46. The molecule has 1 rings (SSSR count). The van der Waals surface area contributed by atoms with Gasteiger partial charge in [0.2, 0.25) is 5.91 Å². The van der Waals surface area contributed by atoms with E-state index in [1.54, 1.807) is 6.07 Å². The number of nitrogens with zero attached hydrogens (tertiary/aromatic N) is 1. The summed E-state index contributed by atoms with van der Waals surface area (Å²) in [7, 11) is 0. The maximum atomic E-state index is 13.5.